The first-order valence-corrected chi connectivity index (χ1v) is 9.99. The molecule has 0 bridgehead atoms. The predicted octanol–water partition coefficient (Wildman–Crippen LogP) is 1.08. The number of nitrogens with one attached hydrogen (secondary N) is 2. The van der Waals surface area contributed by atoms with Gasteiger partial charge in [0.15, 0.2) is 0 Å². The highest BCUT2D eigenvalue weighted by Crippen LogP contribution is 2.14. The van der Waals surface area contributed by atoms with Crippen molar-refractivity contribution in [2.75, 3.05) is 17.3 Å². The van der Waals surface area contributed by atoms with Crippen molar-refractivity contribution in [1.29, 1.82) is 5.26 Å². The van der Waals surface area contributed by atoms with Crippen molar-refractivity contribution < 1.29 is 27.7 Å². The van der Waals surface area contributed by atoms with Crippen LogP contribution in [0.4, 0.5) is 5.69 Å². The summed E-state index contributed by atoms with van der Waals surface area (Å²) in [5, 5.41) is 23.1. The van der Waals surface area contributed by atoms with Gasteiger partial charge in [0, 0.05) is 11.9 Å². The van der Waals surface area contributed by atoms with Crippen LogP contribution in [0.25, 0.3) is 0 Å². The van der Waals surface area contributed by atoms with Gasteiger partial charge in [-0.3, -0.25) is 9.35 Å². The zero-order valence-electron chi connectivity index (χ0n) is 13.7. The van der Waals surface area contributed by atoms with Crippen molar-refractivity contribution in [2.45, 2.75) is 17.4 Å². The fourth-order valence-electron chi connectivity index (χ4n) is 1.75. The Kier molecular flexibility index (Phi) is 8.11. The molecule has 0 heterocycles. The van der Waals surface area contributed by atoms with E-state index in [2.05, 4.69) is 10.6 Å². The number of carboxylic acids is 1. The Labute approximate surface area is 154 Å². The monoisotopic (exact) mass is 399 g/mol. The third kappa shape index (κ3) is 6.75. The van der Waals surface area contributed by atoms with Gasteiger partial charge in [-0.25, -0.2) is 4.79 Å². The van der Waals surface area contributed by atoms with E-state index >= 15 is 0 Å². The maximum Gasteiger partial charge on any atom is 0.326 e. The lowest BCUT2D eigenvalue weighted by atomic mass is 10.2. The Hall–Kier alpha value is -2.55. The molecule has 0 radical (unpaired) electrons. The van der Waals surface area contributed by atoms with Gasteiger partial charge in [-0.1, -0.05) is 0 Å². The molecule has 1 aromatic carbocycles. The minimum Gasteiger partial charge on any atom is -0.480 e. The summed E-state index contributed by atoms with van der Waals surface area (Å²) in [6.07, 6.45) is 3.17. The number of hydrogen-bond acceptors (Lipinski definition) is 7. The third-order valence-corrected chi connectivity index (χ3v) is 4.62. The molecule has 1 unspecified atom stereocenters. The second-order valence-electron chi connectivity index (χ2n) is 4.96. The highest BCUT2D eigenvalue weighted by atomic mass is 32.2. The van der Waals surface area contributed by atoms with Gasteiger partial charge in [0.2, 0.25) is 0 Å². The Morgan fingerprint density at radius 1 is 1.35 bits per heavy atom. The zero-order valence-corrected chi connectivity index (χ0v) is 15.3. The number of carbonyl (C=O) groups is 2. The summed E-state index contributed by atoms with van der Waals surface area (Å²) >= 11 is 1.47. The maximum atomic E-state index is 12.1. The highest BCUT2D eigenvalue weighted by Gasteiger charge is 2.17. The van der Waals surface area contributed by atoms with E-state index < -0.39 is 28.0 Å². The smallest absolute Gasteiger partial charge is 0.326 e. The molecule has 0 saturated heterocycles. The molecular formula is C15H17N3O6S2. The second kappa shape index (κ2) is 9.81. The van der Waals surface area contributed by atoms with Crippen molar-refractivity contribution in [1.82, 2.24) is 5.32 Å². The molecule has 140 valence electrons. The number of nitriles is 1. The van der Waals surface area contributed by atoms with Gasteiger partial charge in [-0.15, -0.1) is 0 Å². The number of aliphatic carboxylic acids is 1. The number of nitrogens with zero attached hydrogens (tertiary/aromatic N) is 1. The van der Waals surface area contributed by atoms with Crippen LogP contribution in [0, 0.1) is 11.3 Å². The quantitative estimate of drug-likeness (QED) is 0.271. The first kappa shape index (κ1) is 21.5. The van der Waals surface area contributed by atoms with Crippen LogP contribution in [-0.4, -0.2) is 48.0 Å². The Morgan fingerprint density at radius 2 is 1.96 bits per heavy atom. The highest BCUT2D eigenvalue weighted by molar-refractivity contribution is 7.98. The van der Waals surface area contributed by atoms with E-state index in [4.69, 9.17) is 14.9 Å². The van der Waals surface area contributed by atoms with Crippen molar-refractivity contribution in [3.63, 3.8) is 0 Å². The van der Waals surface area contributed by atoms with Gasteiger partial charge in [0.05, 0.1) is 4.90 Å². The van der Waals surface area contributed by atoms with Crippen molar-refractivity contribution >= 4 is 39.4 Å². The van der Waals surface area contributed by atoms with E-state index in [-0.39, 0.29) is 16.2 Å². The van der Waals surface area contributed by atoms with Crippen molar-refractivity contribution in [3.05, 3.63) is 36.0 Å². The molecule has 9 nitrogen and oxygen atoms in total. The average Bonchev–Trinajstić information content (AvgIpc) is 2.57. The minimum atomic E-state index is -4.35. The lowest BCUT2D eigenvalue weighted by molar-refractivity contribution is -0.139. The number of rotatable bonds is 9. The topological polar surface area (TPSA) is 157 Å². The SMILES string of the molecule is CSCCC(N/C=C(/C#N)C(=O)Nc1ccc(S(=O)(=O)O)cc1)C(=O)O. The Bertz CT molecular complexity index is 828. The van der Waals surface area contributed by atoms with Crippen LogP contribution in [0.1, 0.15) is 6.42 Å². The molecule has 0 aliphatic rings. The number of thioether (sulfide) groups is 1. The molecule has 1 amide bonds. The Balaban J connectivity index is 2.82. The van der Waals surface area contributed by atoms with Gasteiger partial charge in [-0.05, 0) is 42.7 Å². The van der Waals surface area contributed by atoms with Crippen LogP contribution in [0.2, 0.25) is 0 Å². The zero-order chi connectivity index (χ0) is 19.7. The van der Waals surface area contributed by atoms with Crippen LogP contribution in [-0.2, 0) is 19.7 Å². The summed E-state index contributed by atoms with van der Waals surface area (Å²) in [5.74, 6) is -1.31. The van der Waals surface area contributed by atoms with Crippen LogP contribution in [0.15, 0.2) is 40.9 Å². The summed E-state index contributed by atoms with van der Waals surface area (Å²) in [5.41, 5.74) is -0.153. The molecule has 0 aromatic heterocycles. The standard InChI is InChI=1S/C15H17N3O6S2/c1-25-7-6-13(15(20)21)17-9-10(8-16)14(19)18-11-2-4-12(5-3-11)26(22,23)24/h2-5,9,13,17H,6-7H2,1H3,(H,18,19)(H,20,21)(H,22,23,24)/b10-9-. The molecule has 4 N–H and O–H groups in total. The fraction of sp³-hybridized carbons (Fsp3) is 0.267. The number of anilines is 1. The number of hydrogen-bond donors (Lipinski definition) is 4. The molecular weight excluding hydrogens is 382 g/mol. The number of amides is 1. The van der Waals surface area contributed by atoms with Crippen LogP contribution in [0.3, 0.4) is 0 Å². The molecule has 1 rings (SSSR count). The molecule has 1 aromatic rings. The first-order valence-electron chi connectivity index (χ1n) is 7.16. The molecule has 0 saturated carbocycles. The fourth-order valence-corrected chi connectivity index (χ4v) is 2.71. The average molecular weight is 399 g/mol. The molecule has 1 atom stereocenters. The Morgan fingerprint density at radius 3 is 2.42 bits per heavy atom. The largest absolute Gasteiger partial charge is 0.480 e. The van der Waals surface area contributed by atoms with Crippen LogP contribution in [0.5, 0.6) is 0 Å². The van der Waals surface area contributed by atoms with Crippen molar-refractivity contribution in [3.8, 4) is 6.07 Å². The van der Waals surface area contributed by atoms with Gasteiger partial charge in [0.25, 0.3) is 16.0 Å². The molecule has 0 spiro atoms. The van der Waals surface area contributed by atoms with E-state index in [0.29, 0.717) is 12.2 Å². The number of carbonyl (C=O) groups excluding carboxylic acids is 1. The number of benzene rings is 1. The minimum absolute atomic E-state index is 0.195. The number of carboxylic acid groups (broad SMARTS) is 1. The summed E-state index contributed by atoms with van der Waals surface area (Å²) in [4.78, 5) is 22.8. The lowest BCUT2D eigenvalue weighted by Crippen LogP contribution is -2.34. The molecule has 26 heavy (non-hydrogen) atoms. The van der Waals surface area contributed by atoms with Crippen LogP contribution >= 0.6 is 11.8 Å². The summed E-state index contributed by atoms with van der Waals surface area (Å²) in [6.45, 7) is 0. The molecule has 0 fully saturated rings. The van der Waals surface area contributed by atoms with Gasteiger partial charge in [0.1, 0.15) is 17.7 Å². The van der Waals surface area contributed by atoms with E-state index in [1.54, 1.807) is 6.07 Å². The summed E-state index contributed by atoms with van der Waals surface area (Å²) in [7, 11) is -4.35. The predicted molar refractivity (Wildman–Crippen MR) is 96.1 cm³/mol. The van der Waals surface area contributed by atoms with E-state index in [9.17, 15) is 18.0 Å². The second-order valence-corrected chi connectivity index (χ2v) is 7.37. The van der Waals surface area contributed by atoms with Gasteiger partial charge < -0.3 is 15.7 Å². The summed E-state index contributed by atoms with van der Waals surface area (Å²) < 4.78 is 30.8. The van der Waals surface area contributed by atoms with E-state index in [0.717, 1.165) is 18.3 Å². The lowest BCUT2D eigenvalue weighted by Gasteiger charge is -2.12. The van der Waals surface area contributed by atoms with E-state index in [1.165, 1.54) is 23.9 Å². The third-order valence-electron chi connectivity index (χ3n) is 3.11. The maximum absolute atomic E-state index is 12.1. The first-order chi connectivity index (χ1) is 12.2. The molecule has 0 aliphatic carbocycles. The summed E-state index contributed by atoms with van der Waals surface area (Å²) in [6, 6.07) is 5.37. The van der Waals surface area contributed by atoms with Crippen molar-refractivity contribution in [2.24, 2.45) is 0 Å². The molecule has 0 aliphatic heterocycles. The molecule has 11 heteroatoms. The normalized spacial score (nSPS) is 12.7. The van der Waals surface area contributed by atoms with E-state index in [1.807, 2.05) is 6.26 Å². The van der Waals surface area contributed by atoms with Crippen LogP contribution < -0.4 is 10.6 Å². The van der Waals surface area contributed by atoms with Gasteiger partial charge in [-0.2, -0.15) is 25.4 Å². The van der Waals surface area contributed by atoms with Gasteiger partial charge >= 0.3 is 5.97 Å².